The largest absolute Gasteiger partial charge is 0.444 e. The molecule has 110 valence electrons. The normalized spacial score (nSPS) is 24.6. The molecule has 0 bridgehead atoms. The lowest BCUT2D eigenvalue weighted by Gasteiger charge is -2.38. The minimum Gasteiger partial charge on any atom is -0.444 e. The summed E-state index contributed by atoms with van der Waals surface area (Å²) in [5.41, 5.74) is -3.85. The van der Waals surface area contributed by atoms with Crippen LogP contribution in [0.5, 0.6) is 0 Å². The van der Waals surface area contributed by atoms with Gasteiger partial charge in [-0.15, -0.1) is 0 Å². The third-order valence-corrected chi connectivity index (χ3v) is 2.60. The lowest BCUT2D eigenvalue weighted by molar-refractivity contribution is -0.203. The van der Waals surface area contributed by atoms with Gasteiger partial charge in [-0.05, 0) is 33.6 Å². The van der Waals surface area contributed by atoms with Crippen molar-refractivity contribution < 1.29 is 27.5 Å². The number of nitrogens with one attached hydrogen (secondary N) is 2. The summed E-state index contributed by atoms with van der Waals surface area (Å²) in [7, 11) is 0. The first-order chi connectivity index (χ1) is 8.48. The van der Waals surface area contributed by atoms with Gasteiger partial charge in [-0.25, -0.2) is 4.79 Å². The lowest BCUT2D eigenvalue weighted by atomic mass is 9.88. The molecule has 5 nitrogen and oxygen atoms in total. The van der Waals surface area contributed by atoms with E-state index in [1.54, 1.807) is 5.32 Å². The van der Waals surface area contributed by atoms with E-state index >= 15 is 0 Å². The van der Waals surface area contributed by atoms with Crippen LogP contribution in [0.4, 0.5) is 18.0 Å². The average Bonchev–Trinajstić information content (AvgIpc) is 2.16. The number of hydrogen-bond acceptors (Lipinski definition) is 3. The Bertz CT molecular complexity index is 376. The van der Waals surface area contributed by atoms with Crippen molar-refractivity contribution in [1.29, 1.82) is 0 Å². The van der Waals surface area contributed by atoms with Crippen molar-refractivity contribution in [3.05, 3.63) is 0 Å². The maximum Gasteiger partial charge on any atom is 0.420 e. The van der Waals surface area contributed by atoms with Crippen LogP contribution in [-0.2, 0) is 9.53 Å². The molecule has 1 fully saturated rings. The number of carbonyl (C=O) groups is 2. The van der Waals surface area contributed by atoms with E-state index in [2.05, 4.69) is 5.32 Å². The van der Waals surface area contributed by atoms with E-state index in [0.29, 0.717) is 0 Å². The van der Waals surface area contributed by atoms with Crippen LogP contribution in [0.15, 0.2) is 0 Å². The molecule has 19 heavy (non-hydrogen) atoms. The van der Waals surface area contributed by atoms with E-state index in [0.717, 1.165) is 0 Å². The molecule has 0 aromatic carbocycles. The van der Waals surface area contributed by atoms with Gasteiger partial charge in [-0.1, -0.05) is 0 Å². The van der Waals surface area contributed by atoms with Gasteiger partial charge < -0.3 is 10.1 Å². The van der Waals surface area contributed by atoms with Crippen molar-refractivity contribution in [2.24, 2.45) is 0 Å². The third kappa shape index (κ3) is 3.51. The first-order valence-corrected chi connectivity index (χ1v) is 5.84. The van der Waals surface area contributed by atoms with E-state index in [9.17, 15) is 22.8 Å². The molecule has 2 amide bonds. The van der Waals surface area contributed by atoms with Crippen molar-refractivity contribution >= 4 is 12.0 Å². The first-order valence-electron chi connectivity index (χ1n) is 5.84. The average molecular weight is 282 g/mol. The summed E-state index contributed by atoms with van der Waals surface area (Å²) in [6.07, 6.45) is -6.52. The standard InChI is InChI=1S/C11H17F3N2O3/c1-9(2,3)19-8(18)16-10(11(12,13)14)5-4-6-15-7(10)17/h4-6H2,1-3H3,(H,15,17)(H,16,18)/t10-/m0/s1. The van der Waals surface area contributed by atoms with Gasteiger partial charge >= 0.3 is 12.3 Å². The molecule has 0 radical (unpaired) electrons. The van der Waals surface area contributed by atoms with Gasteiger partial charge in [0.15, 0.2) is 0 Å². The number of rotatable bonds is 1. The van der Waals surface area contributed by atoms with Crippen LogP contribution < -0.4 is 10.6 Å². The molecule has 2 N–H and O–H groups in total. The van der Waals surface area contributed by atoms with Gasteiger partial charge in [0.05, 0.1) is 0 Å². The number of halogens is 3. The second-order valence-corrected chi connectivity index (χ2v) is 5.39. The summed E-state index contributed by atoms with van der Waals surface area (Å²) in [6.45, 7) is 4.72. The summed E-state index contributed by atoms with van der Waals surface area (Å²) in [5, 5.41) is 3.80. The van der Waals surface area contributed by atoms with E-state index in [-0.39, 0.29) is 13.0 Å². The highest BCUT2D eigenvalue weighted by Crippen LogP contribution is 2.36. The molecular weight excluding hydrogens is 265 g/mol. The van der Waals surface area contributed by atoms with Gasteiger partial charge in [-0.3, -0.25) is 10.1 Å². The Balaban J connectivity index is 2.94. The predicted octanol–water partition coefficient (Wildman–Crippen LogP) is 1.72. The van der Waals surface area contributed by atoms with Gasteiger partial charge in [0.25, 0.3) is 5.91 Å². The fraction of sp³-hybridized carbons (Fsp3) is 0.818. The number of alkyl halides is 3. The minimum absolute atomic E-state index is 0.126. The molecule has 1 saturated heterocycles. The number of hydrogen-bond donors (Lipinski definition) is 2. The highest BCUT2D eigenvalue weighted by Gasteiger charge is 2.62. The van der Waals surface area contributed by atoms with Crippen molar-refractivity contribution in [2.75, 3.05) is 6.54 Å². The molecule has 8 heteroatoms. The molecule has 1 atom stereocenters. The molecule has 0 unspecified atom stereocenters. The number of amides is 2. The Hall–Kier alpha value is -1.47. The number of carbonyl (C=O) groups excluding carboxylic acids is 2. The molecule has 1 aliphatic rings. The summed E-state index contributed by atoms with van der Waals surface area (Å²) in [5.74, 6) is -1.25. The third-order valence-electron chi connectivity index (χ3n) is 2.60. The van der Waals surface area contributed by atoms with Gasteiger partial charge in [0, 0.05) is 6.54 Å². The number of piperidine rings is 1. The molecule has 0 aliphatic carbocycles. The molecule has 0 aromatic heterocycles. The van der Waals surface area contributed by atoms with Gasteiger partial charge in [0.2, 0.25) is 5.54 Å². The van der Waals surface area contributed by atoms with E-state index in [1.165, 1.54) is 20.8 Å². The van der Waals surface area contributed by atoms with Crippen molar-refractivity contribution in [1.82, 2.24) is 10.6 Å². The fourth-order valence-electron chi connectivity index (χ4n) is 1.76. The minimum atomic E-state index is -4.88. The van der Waals surface area contributed by atoms with Gasteiger partial charge in [-0.2, -0.15) is 13.2 Å². The zero-order valence-corrected chi connectivity index (χ0v) is 11.0. The molecule has 0 spiro atoms. The highest BCUT2D eigenvalue weighted by atomic mass is 19.4. The monoisotopic (exact) mass is 282 g/mol. The molecular formula is C11H17F3N2O3. The molecule has 1 heterocycles. The lowest BCUT2D eigenvalue weighted by Crippen LogP contribution is -2.69. The Morgan fingerprint density at radius 1 is 1.37 bits per heavy atom. The van der Waals surface area contributed by atoms with Crippen LogP contribution >= 0.6 is 0 Å². The number of alkyl carbamates (subject to hydrolysis) is 1. The Morgan fingerprint density at radius 2 is 1.95 bits per heavy atom. The highest BCUT2D eigenvalue weighted by molar-refractivity contribution is 5.91. The van der Waals surface area contributed by atoms with Crippen LogP contribution in [0.2, 0.25) is 0 Å². The molecule has 1 rings (SSSR count). The van der Waals surface area contributed by atoms with E-state index in [1.807, 2.05) is 0 Å². The molecule has 0 aromatic rings. The Morgan fingerprint density at radius 3 is 2.37 bits per heavy atom. The van der Waals surface area contributed by atoms with Crippen molar-refractivity contribution in [3.8, 4) is 0 Å². The topological polar surface area (TPSA) is 67.4 Å². The van der Waals surface area contributed by atoms with Crippen LogP contribution in [0.25, 0.3) is 0 Å². The fourth-order valence-corrected chi connectivity index (χ4v) is 1.76. The van der Waals surface area contributed by atoms with Crippen molar-refractivity contribution in [2.45, 2.75) is 50.9 Å². The van der Waals surface area contributed by atoms with E-state index < -0.39 is 35.7 Å². The summed E-state index contributed by atoms with van der Waals surface area (Å²) in [4.78, 5) is 23.1. The van der Waals surface area contributed by atoms with Crippen LogP contribution in [0.3, 0.4) is 0 Å². The zero-order valence-electron chi connectivity index (χ0n) is 11.0. The molecule has 1 aliphatic heterocycles. The maximum absolute atomic E-state index is 13.1. The van der Waals surface area contributed by atoms with Gasteiger partial charge in [0.1, 0.15) is 5.60 Å². The predicted molar refractivity (Wildman–Crippen MR) is 60.4 cm³/mol. The summed E-state index contributed by atoms with van der Waals surface area (Å²) in [6, 6.07) is 0. The van der Waals surface area contributed by atoms with Crippen LogP contribution in [0, 0.1) is 0 Å². The van der Waals surface area contributed by atoms with Crippen LogP contribution in [0.1, 0.15) is 33.6 Å². The molecule has 0 saturated carbocycles. The summed E-state index contributed by atoms with van der Waals surface area (Å²) >= 11 is 0. The summed E-state index contributed by atoms with van der Waals surface area (Å²) < 4.78 is 44.1. The maximum atomic E-state index is 13.1. The second kappa shape index (κ2) is 4.90. The second-order valence-electron chi connectivity index (χ2n) is 5.39. The Kier molecular flexibility index (Phi) is 4.02. The van der Waals surface area contributed by atoms with Crippen molar-refractivity contribution in [3.63, 3.8) is 0 Å². The SMILES string of the molecule is CC(C)(C)OC(=O)N[C@@]1(C(F)(F)F)CCCNC1=O. The smallest absolute Gasteiger partial charge is 0.420 e. The Labute approximate surface area is 108 Å². The van der Waals surface area contributed by atoms with E-state index in [4.69, 9.17) is 4.74 Å². The first kappa shape index (κ1) is 15.6. The number of ether oxygens (including phenoxy) is 1. The quantitative estimate of drug-likeness (QED) is 0.769. The van der Waals surface area contributed by atoms with Crippen LogP contribution in [-0.4, -0.2) is 35.9 Å². The zero-order chi connectivity index (χ0) is 14.9.